The molecule has 1 unspecified atom stereocenters. The molecule has 0 aromatic heterocycles. The highest BCUT2D eigenvalue weighted by Crippen LogP contribution is 2.09. The summed E-state index contributed by atoms with van der Waals surface area (Å²) in [5.41, 5.74) is 0. The molecule has 0 aliphatic heterocycles. The second-order valence-electron chi connectivity index (χ2n) is 1.29. The van der Waals surface area contributed by atoms with Gasteiger partial charge in [-0.2, -0.15) is 0 Å². The molecule has 0 spiro atoms. The predicted molar refractivity (Wildman–Crippen MR) is 49.2 cm³/mol. The molecule has 0 aromatic rings. The van der Waals surface area contributed by atoms with E-state index in [0.717, 1.165) is 0 Å². The number of carbonyl (C=O) groups excluding carboxylic acids is 1. The highest BCUT2D eigenvalue weighted by molar-refractivity contribution is 7.32. The number of hydrogen-bond donors (Lipinski definition) is 2. The zero-order valence-electron chi connectivity index (χ0n) is 6.46. The minimum atomic E-state index is -2.62. The van der Waals surface area contributed by atoms with Crippen LogP contribution in [0.5, 0.6) is 0 Å². The summed E-state index contributed by atoms with van der Waals surface area (Å²) in [5, 5.41) is 2.36. The number of amides is 1. The molecule has 2 N–H and O–H groups in total. The standard InChI is InChI=1S/C4H7NO.CH5O3P.CH4/c1-3-4(6)5-2;1-4-5(2)3;/h3H,1H2,2H3,(H,5,6);5H,1H3,(H,2,3);1H4. The Morgan fingerprint density at radius 1 is 1.75 bits per heavy atom. The third-order valence-corrected chi connectivity index (χ3v) is 0.956. The first-order valence-electron chi connectivity index (χ1n) is 2.69. The molecule has 1 atom stereocenters. The maximum absolute atomic E-state index is 9.95. The van der Waals surface area contributed by atoms with Crippen LogP contribution in [0.25, 0.3) is 0 Å². The van der Waals surface area contributed by atoms with E-state index in [-0.39, 0.29) is 13.3 Å². The summed E-state index contributed by atoms with van der Waals surface area (Å²) in [6, 6.07) is 0. The van der Waals surface area contributed by atoms with Gasteiger partial charge in [-0.05, 0) is 6.08 Å². The van der Waals surface area contributed by atoms with Crippen molar-refractivity contribution in [3.8, 4) is 0 Å². The van der Waals surface area contributed by atoms with Crippen LogP contribution < -0.4 is 5.32 Å². The molecule has 5 nitrogen and oxygen atoms in total. The van der Waals surface area contributed by atoms with Crippen molar-refractivity contribution in [2.45, 2.75) is 7.43 Å². The van der Waals surface area contributed by atoms with Gasteiger partial charge < -0.3 is 14.7 Å². The Morgan fingerprint density at radius 2 is 2.08 bits per heavy atom. The van der Waals surface area contributed by atoms with Crippen LogP contribution >= 0.6 is 8.25 Å². The maximum atomic E-state index is 9.95. The van der Waals surface area contributed by atoms with E-state index in [9.17, 15) is 9.36 Å². The maximum Gasteiger partial charge on any atom is 0.316 e. The fourth-order valence-electron chi connectivity index (χ4n) is 0.102. The monoisotopic (exact) mass is 197 g/mol. The predicted octanol–water partition coefficient (Wildman–Crippen LogP) is 0.569. The van der Waals surface area contributed by atoms with Crippen LogP contribution in [0.15, 0.2) is 12.7 Å². The van der Waals surface area contributed by atoms with Crippen molar-refractivity contribution >= 4 is 14.2 Å². The molecule has 0 saturated carbocycles. The molecule has 0 heterocycles. The molecular weight excluding hydrogens is 181 g/mol. The summed E-state index contributed by atoms with van der Waals surface area (Å²) in [4.78, 5) is 17.6. The van der Waals surface area contributed by atoms with E-state index >= 15 is 0 Å². The van der Waals surface area contributed by atoms with Crippen molar-refractivity contribution in [2.24, 2.45) is 0 Å². The van der Waals surface area contributed by atoms with Crippen LogP contribution in [0, 0.1) is 0 Å². The first kappa shape index (κ1) is 17.4. The van der Waals surface area contributed by atoms with Gasteiger partial charge >= 0.3 is 8.25 Å². The van der Waals surface area contributed by atoms with E-state index in [1.165, 1.54) is 13.2 Å². The molecule has 0 fully saturated rings. The molecule has 0 saturated heterocycles. The Kier molecular flexibility index (Phi) is 18.9. The quantitative estimate of drug-likeness (QED) is 0.501. The molecule has 0 bridgehead atoms. The van der Waals surface area contributed by atoms with E-state index in [2.05, 4.69) is 16.4 Å². The minimum absolute atomic E-state index is 0. The second kappa shape index (κ2) is 13.0. The van der Waals surface area contributed by atoms with E-state index in [0.29, 0.717) is 0 Å². The molecule has 1 amide bonds. The SMILES string of the molecule is C.C=CC(=O)NC.CO[PH](=O)O. The largest absolute Gasteiger partial charge is 0.356 e. The molecule has 12 heavy (non-hydrogen) atoms. The topological polar surface area (TPSA) is 75.6 Å². The molecule has 0 aromatic carbocycles. The molecule has 0 aliphatic carbocycles. The van der Waals surface area contributed by atoms with Crippen molar-refractivity contribution in [2.75, 3.05) is 14.2 Å². The summed E-state index contributed by atoms with van der Waals surface area (Å²) in [6.45, 7) is 3.22. The fourth-order valence-corrected chi connectivity index (χ4v) is 0.102. The van der Waals surface area contributed by atoms with E-state index < -0.39 is 8.25 Å². The van der Waals surface area contributed by atoms with Crippen molar-refractivity contribution in [3.63, 3.8) is 0 Å². The minimum Gasteiger partial charge on any atom is -0.356 e. The third kappa shape index (κ3) is 22.8. The van der Waals surface area contributed by atoms with Gasteiger partial charge in [0.25, 0.3) is 0 Å². The normalized spacial score (nSPS) is 9.58. The van der Waals surface area contributed by atoms with Gasteiger partial charge in [0.2, 0.25) is 5.91 Å². The highest BCUT2D eigenvalue weighted by Gasteiger charge is 1.78. The lowest BCUT2D eigenvalue weighted by molar-refractivity contribution is -0.116. The van der Waals surface area contributed by atoms with Crippen molar-refractivity contribution < 1.29 is 18.8 Å². The summed E-state index contributed by atoms with van der Waals surface area (Å²) in [7, 11) is 0.117. The summed E-state index contributed by atoms with van der Waals surface area (Å²) >= 11 is 0. The Morgan fingerprint density at radius 3 is 2.08 bits per heavy atom. The van der Waals surface area contributed by atoms with E-state index in [1.54, 1.807) is 7.05 Å². The summed E-state index contributed by atoms with van der Waals surface area (Å²) in [5.74, 6) is -0.144. The van der Waals surface area contributed by atoms with Crippen LogP contribution in [0.3, 0.4) is 0 Å². The van der Waals surface area contributed by atoms with Crippen molar-refractivity contribution in [3.05, 3.63) is 12.7 Å². The first-order valence-corrected chi connectivity index (χ1v) is 3.95. The molecule has 0 radical (unpaired) electrons. The summed E-state index contributed by atoms with van der Waals surface area (Å²) in [6.07, 6.45) is 1.22. The first-order chi connectivity index (χ1) is 5.08. The van der Waals surface area contributed by atoms with E-state index in [1.807, 2.05) is 0 Å². The Hall–Kier alpha value is -0.640. The van der Waals surface area contributed by atoms with Gasteiger partial charge in [0.1, 0.15) is 0 Å². The average molecular weight is 197 g/mol. The summed E-state index contributed by atoms with van der Waals surface area (Å²) < 4.78 is 13.2. The smallest absolute Gasteiger partial charge is 0.316 e. The lowest BCUT2D eigenvalue weighted by atomic mass is 10.6. The highest BCUT2D eigenvalue weighted by atomic mass is 31.1. The number of likely N-dealkylation sites (N-methyl/N-ethyl adjacent to an activating group) is 1. The Balaban J connectivity index is -0.000000126. The van der Waals surface area contributed by atoms with Crippen molar-refractivity contribution in [1.82, 2.24) is 5.32 Å². The van der Waals surface area contributed by atoms with Gasteiger partial charge in [0, 0.05) is 14.2 Å². The van der Waals surface area contributed by atoms with Crippen LogP contribution in [0.4, 0.5) is 0 Å². The number of carbonyl (C=O) groups is 1. The molecule has 74 valence electrons. The number of hydrogen-bond acceptors (Lipinski definition) is 3. The Labute approximate surface area is 73.4 Å². The van der Waals surface area contributed by atoms with Gasteiger partial charge in [-0.3, -0.25) is 9.36 Å². The lowest BCUT2D eigenvalue weighted by Crippen LogP contribution is -2.13. The van der Waals surface area contributed by atoms with Gasteiger partial charge in [-0.25, -0.2) is 0 Å². The zero-order chi connectivity index (χ0) is 9.28. The Bertz CT molecular complexity index is 148. The third-order valence-electron chi connectivity index (χ3n) is 0.606. The van der Waals surface area contributed by atoms with E-state index in [4.69, 9.17) is 4.89 Å². The number of rotatable bonds is 2. The van der Waals surface area contributed by atoms with Crippen molar-refractivity contribution in [1.29, 1.82) is 0 Å². The second-order valence-corrected chi connectivity index (χ2v) is 2.23. The van der Waals surface area contributed by atoms with Crippen LogP contribution in [-0.4, -0.2) is 25.0 Å². The van der Waals surface area contributed by atoms with Gasteiger partial charge in [-0.1, -0.05) is 14.0 Å². The average Bonchev–Trinajstić information content (AvgIpc) is 2.04. The molecule has 0 aliphatic rings. The lowest BCUT2D eigenvalue weighted by Gasteiger charge is -1.82. The van der Waals surface area contributed by atoms with Gasteiger partial charge in [0.05, 0.1) is 0 Å². The van der Waals surface area contributed by atoms with Gasteiger partial charge in [-0.15, -0.1) is 0 Å². The van der Waals surface area contributed by atoms with Gasteiger partial charge in [0.15, 0.2) is 0 Å². The molecule has 6 heteroatoms. The van der Waals surface area contributed by atoms with Crippen LogP contribution in [0.1, 0.15) is 7.43 Å². The number of nitrogens with one attached hydrogen (secondary N) is 1. The molecular formula is C6H16NO4P. The zero-order valence-corrected chi connectivity index (χ0v) is 7.46. The molecule has 0 rings (SSSR count). The fraction of sp³-hybridized carbons (Fsp3) is 0.500. The van der Waals surface area contributed by atoms with Crippen LogP contribution in [-0.2, 0) is 13.9 Å². The van der Waals surface area contributed by atoms with Crippen LogP contribution in [0.2, 0.25) is 0 Å².